The quantitative estimate of drug-likeness (QED) is 0.853. The molecule has 0 radical (unpaired) electrons. The maximum absolute atomic E-state index is 9.14. The van der Waals surface area contributed by atoms with Gasteiger partial charge in [0, 0.05) is 5.92 Å². The number of imidazole rings is 1. The molecule has 2 aromatic rings. The van der Waals surface area contributed by atoms with Gasteiger partial charge in [-0.1, -0.05) is 19.9 Å². The highest BCUT2D eigenvalue weighted by Gasteiger charge is 2.20. The number of aromatic nitrogens is 2. The molecule has 0 amide bonds. The predicted molar refractivity (Wildman–Crippen MR) is 68.8 cm³/mol. The van der Waals surface area contributed by atoms with Crippen molar-refractivity contribution in [1.29, 1.82) is 5.26 Å². The largest absolute Gasteiger partial charge is 0.342 e. The van der Waals surface area contributed by atoms with Crippen molar-refractivity contribution in [2.75, 3.05) is 0 Å². The van der Waals surface area contributed by atoms with Crippen LogP contribution in [0, 0.1) is 11.3 Å². The fourth-order valence-corrected chi connectivity index (χ4v) is 1.76. The Kier molecular flexibility index (Phi) is 2.66. The highest BCUT2D eigenvalue weighted by Crippen LogP contribution is 2.26. The van der Waals surface area contributed by atoms with E-state index < -0.39 is 5.41 Å². The number of nitrogens with one attached hydrogen (secondary N) is 1. The van der Waals surface area contributed by atoms with Gasteiger partial charge in [-0.25, -0.2) is 4.98 Å². The van der Waals surface area contributed by atoms with Gasteiger partial charge in [-0.3, -0.25) is 0 Å². The molecule has 3 nitrogen and oxygen atoms in total. The summed E-state index contributed by atoms with van der Waals surface area (Å²) < 4.78 is 0. The average Bonchev–Trinajstić information content (AvgIpc) is 2.71. The van der Waals surface area contributed by atoms with Crippen LogP contribution in [0.5, 0.6) is 0 Å². The molecule has 2 rings (SSSR count). The van der Waals surface area contributed by atoms with E-state index >= 15 is 0 Å². The smallest absolute Gasteiger partial charge is 0.109 e. The van der Waals surface area contributed by atoms with Crippen LogP contribution >= 0.6 is 0 Å². The van der Waals surface area contributed by atoms with Gasteiger partial charge in [0.05, 0.1) is 22.5 Å². The zero-order valence-corrected chi connectivity index (χ0v) is 10.7. The van der Waals surface area contributed by atoms with Crippen LogP contribution in [0.4, 0.5) is 0 Å². The Morgan fingerprint density at radius 3 is 2.65 bits per heavy atom. The molecule has 1 heterocycles. The second-order valence-electron chi connectivity index (χ2n) is 5.25. The number of hydrogen-bond donors (Lipinski definition) is 1. The van der Waals surface area contributed by atoms with Crippen LogP contribution in [0.1, 0.15) is 45.0 Å². The van der Waals surface area contributed by atoms with E-state index in [4.69, 9.17) is 5.26 Å². The number of rotatable bonds is 2. The number of hydrogen-bond acceptors (Lipinski definition) is 2. The lowest BCUT2D eigenvalue weighted by Crippen LogP contribution is -2.13. The van der Waals surface area contributed by atoms with Crippen molar-refractivity contribution < 1.29 is 0 Å². The van der Waals surface area contributed by atoms with Crippen molar-refractivity contribution in [2.45, 2.75) is 39.0 Å². The van der Waals surface area contributed by atoms with Crippen molar-refractivity contribution in [1.82, 2.24) is 9.97 Å². The van der Waals surface area contributed by atoms with Gasteiger partial charge in [-0.2, -0.15) is 5.26 Å². The zero-order valence-electron chi connectivity index (χ0n) is 10.7. The molecule has 0 unspecified atom stereocenters. The summed E-state index contributed by atoms with van der Waals surface area (Å²) in [5, 5.41) is 9.14. The number of nitriles is 1. The van der Waals surface area contributed by atoms with E-state index in [0.29, 0.717) is 5.92 Å². The second-order valence-corrected chi connectivity index (χ2v) is 5.25. The molecule has 88 valence electrons. The Balaban J connectivity index is 2.55. The molecule has 0 spiro atoms. The van der Waals surface area contributed by atoms with Crippen molar-refractivity contribution in [3.63, 3.8) is 0 Å². The van der Waals surface area contributed by atoms with E-state index in [-0.39, 0.29) is 0 Å². The van der Waals surface area contributed by atoms with Crippen LogP contribution < -0.4 is 0 Å². The fraction of sp³-hybridized carbons (Fsp3) is 0.429. The summed E-state index contributed by atoms with van der Waals surface area (Å²) in [4.78, 5) is 7.83. The predicted octanol–water partition coefficient (Wildman–Crippen LogP) is 3.49. The van der Waals surface area contributed by atoms with Gasteiger partial charge in [-0.15, -0.1) is 0 Å². The molecule has 17 heavy (non-hydrogen) atoms. The Morgan fingerprint density at radius 1 is 1.35 bits per heavy atom. The SMILES string of the molecule is CC(C)c1nc2ccc(C(C)(C)C#N)cc2[nH]1. The normalized spacial score (nSPS) is 12.0. The number of benzene rings is 1. The second kappa shape index (κ2) is 3.89. The van der Waals surface area contributed by atoms with Gasteiger partial charge >= 0.3 is 0 Å². The molecule has 0 aliphatic rings. The molecule has 0 saturated heterocycles. The minimum Gasteiger partial charge on any atom is -0.342 e. The lowest BCUT2D eigenvalue weighted by Gasteiger charge is -2.15. The molecule has 1 aromatic heterocycles. The summed E-state index contributed by atoms with van der Waals surface area (Å²) in [5.74, 6) is 1.38. The van der Waals surface area contributed by atoms with Crippen LogP contribution in [0.15, 0.2) is 18.2 Å². The summed E-state index contributed by atoms with van der Waals surface area (Å²) in [7, 11) is 0. The van der Waals surface area contributed by atoms with Crippen LogP contribution in [0.25, 0.3) is 11.0 Å². The van der Waals surface area contributed by atoms with E-state index in [1.807, 2.05) is 32.0 Å². The van der Waals surface area contributed by atoms with E-state index in [0.717, 1.165) is 22.4 Å². The molecular formula is C14H17N3. The molecule has 1 N–H and O–H groups in total. The lowest BCUT2D eigenvalue weighted by molar-refractivity contribution is 0.688. The maximum atomic E-state index is 9.14. The van der Waals surface area contributed by atoms with Gasteiger partial charge in [-0.05, 0) is 31.5 Å². The summed E-state index contributed by atoms with van der Waals surface area (Å²) >= 11 is 0. The lowest BCUT2D eigenvalue weighted by atomic mass is 9.86. The molecule has 1 aromatic carbocycles. The first kappa shape index (κ1) is 11.7. The van der Waals surface area contributed by atoms with E-state index in [1.165, 1.54) is 0 Å². The van der Waals surface area contributed by atoms with Crippen molar-refractivity contribution in [2.24, 2.45) is 0 Å². The monoisotopic (exact) mass is 227 g/mol. The van der Waals surface area contributed by atoms with Gasteiger partial charge in [0.25, 0.3) is 0 Å². The third kappa shape index (κ3) is 2.03. The van der Waals surface area contributed by atoms with Gasteiger partial charge in [0.2, 0.25) is 0 Å². The van der Waals surface area contributed by atoms with Crippen LogP contribution in [-0.2, 0) is 5.41 Å². The molecular weight excluding hydrogens is 210 g/mol. The topological polar surface area (TPSA) is 52.5 Å². The van der Waals surface area contributed by atoms with Crippen LogP contribution in [0.3, 0.4) is 0 Å². The van der Waals surface area contributed by atoms with Crippen LogP contribution in [-0.4, -0.2) is 9.97 Å². The standard InChI is InChI=1S/C14H17N3/c1-9(2)13-16-11-6-5-10(7-12(11)17-13)14(3,4)8-15/h5-7,9H,1-4H3,(H,16,17). The molecule has 0 aliphatic heterocycles. The Morgan fingerprint density at radius 2 is 2.06 bits per heavy atom. The average molecular weight is 227 g/mol. The third-order valence-corrected chi connectivity index (χ3v) is 3.05. The molecule has 0 fully saturated rings. The number of aromatic amines is 1. The van der Waals surface area contributed by atoms with E-state index in [2.05, 4.69) is 29.9 Å². The Hall–Kier alpha value is -1.82. The molecule has 0 saturated carbocycles. The minimum absolute atomic E-state index is 0.384. The summed E-state index contributed by atoms with van der Waals surface area (Å²) in [6.07, 6.45) is 0. The van der Waals surface area contributed by atoms with Crippen molar-refractivity contribution in [3.8, 4) is 6.07 Å². The molecule has 0 aliphatic carbocycles. The Labute approximate surface area is 101 Å². The third-order valence-electron chi connectivity index (χ3n) is 3.05. The first-order valence-electron chi connectivity index (χ1n) is 5.85. The number of nitrogens with zero attached hydrogens (tertiary/aromatic N) is 2. The summed E-state index contributed by atoms with van der Waals surface area (Å²) in [6.45, 7) is 8.07. The molecule has 3 heteroatoms. The molecule has 0 bridgehead atoms. The minimum atomic E-state index is -0.461. The zero-order chi connectivity index (χ0) is 12.6. The van der Waals surface area contributed by atoms with Gasteiger partial charge in [0.15, 0.2) is 0 Å². The van der Waals surface area contributed by atoms with E-state index in [9.17, 15) is 0 Å². The first-order chi connectivity index (χ1) is 7.94. The summed E-state index contributed by atoms with van der Waals surface area (Å²) in [6, 6.07) is 8.30. The highest BCUT2D eigenvalue weighted by atomic mass is 14.9. The maximum Gasteiger partial charge on any atom is 0.109 e. The van der Waals surface area contributed by atoms with Crippen molar-refractivity contribution in [3.05, 3.63) is 29.6 Å². The Bertz CT molecular complexity index is 585. The first-order valence-corrected chi connectivity index (χ1v) is 5.85. The highest BCUT2D eigenvalue weighted by molar-refractivity contribution is 5.76. The van der Waals surface area contributed by atoms with E-state index in [1.54, 1.807) is 0 Å². The van der Waals surface area contributed by atoms with Crippen LogP contribution in [0.2, 0.25) is 0 Å². The van der Waals surface area contributed by atoms with Gasteiger partial charge < -0.3 is 4.98 Å². The van der Waals surface area contributed by atoms with Crippen molar-refractivity contribution >= 4 is 11.0 Å². The van der Waals surface area contributed by atoms with Gasteiger partial charge in [0.1, 0.15) is 5.82 Å². The fourth-order valence-electron chi connectivity index (χ4n) is 1.76. The molecule has 0 atom stereocenters. The number of H-pyrrole nitrogens is 1. The summed E-state index contributed by atoms with van der Waals surface area (Å²) in [5.41, 5.74) is 2.53. The number of fused-ring (bicyclic) bond motifs is 1.